The van der Waals surface area contributed by atoms with Crippen molar-refractivity contribution in [2.75, 3.05) is 24.5 Å². The van der Waals surface area contributed by atoms with Crippen molar-refractivity contribution in [1.29, 1.82) is 0 Å². The number of hydrogen-bond donors (Lipinski definition) is 0. The molecule has 3 saturated carbocycles. The number of hydrogen-bond acceptors (Lipinski definition) is 8. The third kappa shape index (κ3) is 11.9. The Morgan fingerprint density at radius 3 is 1.11 bits per heavy atom. The van der Waals surface area contributed by atoms with Gasteiger partial charge in [0.2, 0.25) is 0 Å². The summed E-state index contributed by atoms with van der Waals surface area (Å²) in [6.45, 7) is 47.2. The molecule has 3 fully saturated rings. The SMILES string of the molecule is CC(C)(C)c1ccc(N2c3cc(N4c5ccc(C(C)(C)CCC(C)(C)c6ccc7c(c6)C6(C)CCCCC6(C)N7c6cc7c8c(c6)-n6c9c(cccc9c9oc%10ccccc%10c96)B8c6ccc(C(C)(C)C)cc6N7c6cccc7c6oc6ccccc67)cc5C5(C)CCCCC45C)ccc3B3c4c2cc(N2c5ccc(C(C)(C)C)cc5C5(C)CCCCC25C)cc4-n2c4c3cccc4c3oc4ccccc4c32)c(-c2ccccc2)c1. The average molecular weight is 1960 g/mol. The van der Waals surface area contributed by atoms with Gasteiger partial charge in [-0.15, -0.1) is 0 Å². The first-order valence-corrected chi connectivity index (χ1v) is 56.1. The third-order valence-electron chi connectivity index (χ3n) is 40.8. The molecule has 0 saturated heterocycles. The standard InChI is InChI=1S/C138H133B2N7O3/c1-128(2,3)83-53-60-105(97(72-83)82-38-21-20-22-39-82)141-111-77-88(57-59-102(111)140-104-47-36-45-96-122(104)143(123-93-41-24-27-50-117(93)150-127(96)123)114-80-89(78-112(141)119(114)140)146-107-61-54-84(129(4,5)6)73-98(107)133(14)64-30-33-68-137(133,146)18)145-106-62-55-86(74-99(106)134(15)65-29-32-67-136(134,145)17)131(10,11)70-71-132(12,13)87-56-63-108-100(75-87)135(16)66-31-34-69-138(135,19)147(108)90-79-113-120-115(81-90)144-121-95(126-124(144)94-42-25-28-51-118(94)149-126)44-35-46-103(121)139(120)101-58-52-85(130(7,8)9)76-110(101)142(113)109-48-37-43-92-91-40-23-26-49-116(91)148-125(92)109/h20-28,35-63,72-81H,29-34,64-71H2,1-19H3. The highest BCUT2D eigenvalue weighted by Crippen LogP contribution is 2.68. The van der Waals surface area contributed by atoms with Gasteiger partial charge in [0.15, 0.2) is 16.7 Å². The molecule has 30 rings (SSSR count). The summed E-state index contributed by atoms with van der Waals surface area (Å²) in [6, 6.07) is 115. The summed E-state index contributed by atoms with van der Waals surface area (Å²) in [5.74, 6) is 0. The lowest BCUT2D eigenvalue weighted by atomic mass is 9.33. The Labute approximate surface area is 882 Å². The number of aromatic nitrogens is 2. The minimum atomic E-state index is -0.286. The highest BCUT2D eigenvalue weighted by Gasteiger charge is 2.63. The zero-order valence-corrected chi connectivity index (χ0v) is 90.6. The first-order chi connectivity index (χ1) is 72.0. The number of nitrogens with zero attached hydrogens (tertiary/aromatic N) is 7. The van der Waals surface area contributed by atoms with Gasteiger partial charge in [-0.25, -0.2) is 0 Å². The molecule has 7 aliphatic heterocycles. The summed E-state index contributed by atoms with van der Waals surface area (Å²) < 4.78 is 26.9. The van der Waals surface area contributed by atoms with E-state index < -0.39 is 0 Å². The number of para-hydroxylation sites is 6. The fourth-order valence-electron chi connectivity index (χ4n) is 31.7. The molecule has 150 heavy (non-hydrogen) atoms. The van der Waals surface area contributed by atoms with Gasteiger partial charge in [0, 0.05) is 122 Å². The topological polar surface area (TPSA) is 65.5 Å². The molecule has 0 bridgehead atoms. The zero-order valence-electron chi connectivity index (χ0n) is 90.6. The Morgan fingerprint density at radius 2 is 0.620 bits per heavy atom. The summed E-state index contributed by atoms with van der Waals surface area (Å²) >= 11 is 0. The Hall–Kier alpha value is -14.1. The third-order valence-corrected chi connectivity index (χ3v) is 40.8. The van der Waals surface area contributed by atoms with E-state index in [4.69, 9.17) is 13.3 Å². The van der Waals surface area contributed by atoms with Crippen molar-refractivity contribution in [2.24, 2.45) is 0 Å². The van der Waals surface area contributed by atoms with Crippen LogP contribution in [-0.2, 0) is 43.3 Å². The number of furan rings is 3. The molecule has 6 unspecified atom stereocenters. The molecule has 15 aromatic carbocycles. The van der Waals surface area contributed by atoms with Gasteiger partial charge in [-0.05, 0) is 303 Å². The molecular weight excluding hydrogens is 1830 g/mol. The van der Waals surface area contributed by atoms with Crippen LogP contribution in [0.15, 0.2) is 304 Å². The second-order valence-electron chi connectivity index (χ2n) is 52.6. The quantitative estimate of drug-likeness (QED) is 0.119. The van der Waals surface area contributed by atoms with Gasteiger partial charge in [0.05, 0.1) is 39.0 Å². The lowest BCUT2D eigenvalue weighted by Gasteiger charge is -2.51. The van der Waals surface area contributed by atoms with Gasteiger partial charge in [0.1, 0.15) is 27.8 Å². The monoisotopic (exact) mass is 1960 g/mol. The Balaban J connectivity index is 0.552. The van der Waals surface area contributed by atoms with Crippen LogP contribution >= 0.6 is 0 Å². The molecule has 5 aromatic heterocycles. The van der Waals surface area contributed by atoms with E-state index in [0.717, 1.165) is 140 Å². The van der Waals surface area contributed by atoms with Crippen LogP contribution in [0.3, 0.4) is 0 Å². The first kappa shape index (κ1) is 91.0. The van der Waals surface area contributed by atoms with Crippen LogP contribution in [0.2, 0.25) is 0 Å². The van der Waals surface area contributed by atoms with Crippen molar-refractivity contribution < 1.29 is 13.3 Å². The van der Waals surface area contributed by atoms with E-state index in [2.05, 4.69) is 456 Å². The highest BCUT2D eigenvalue weighted by atomic mass is 16.3. The van der Waals surface area contributed by atoms with Gasteiger partial charge in [-0.2, -0.15) is 0 Å². The molecule has 20 aromatic rings. The molecule has 10 aliphatic rings. The van der Waals surface area contributed by atoms with Gasteiger partial charge in [-0.1, -0.05) is 319 Å². The second-order valence-corrected chi connectivity index (χ2v) is 52.6. The van der Waals surface area contributed by atoms with Crippen LogP contribution in [-0.4, -0.2) is 39.2 Å². The zero-order chi connectivity index (χ0) is 102. The minimum Gasteiger partial charge on any atom is -0.454 e. The highest BCUT2D eigenvalue weighted by molar-refractivity contribution is 7.01. The molecule has 0 spiro atoms. The van der Waals surface area contributed by atoms with E-state index >= 15 is 0 Å². The van der Waals surface area contributed by atoms with Crippen molar-refractivity contribution >= 4 is 202 Å². The van der Waals surface area contributed by atoms with Crippen LogP contribution in [0, 0.1) is 0 Å². The van der Waals surface area contributed by atoms with Crippen LogP contribution in [0.5, 0.6) is 0 Å². The predicted molar refractivity (Wildman–Crippen MR) is 632 cm³/mol. The molecule has 6 atom stereocenters. The molecule has 10 nitrogen and oxygen atoms in total. The fraction of sp³-hybridized carbons (Fsp3) is 0.319. The molecule has 0 radical (unpaired) electrons. The smallest absolute Gasteiger partial charge is 0.252 e. The van der Waals surface area contributed by atoms with Gasteiger partial charge < -0.3 is 46.9 Å². The van der Waals surface area contributed by atoms with E-state index in [1.807, 2.05) is 0 Å². The predicted octanol–water partition coefficient (Wildman–Crippen LogP) is 33.3. The molecular formula is C138H133B2N7O3. The average Bonchev–Trinajstić information content (AvgIpc) is 1.47. The second kappa shape index (κ2) is 30.4. The maximum absolute atomic E-state index is 7.23. The number of benzene rings is 15. The van der Waals surface area contributed by atoms with Gasteiger partial charge in [0.25, 0.3) is 13.4 Å². The summed E-state index contributed by atoms with van der Waals surface area (Å²) in [6.07, 6.45) is 15.7. The lowest BCUT2D eigenvalue weighted by Crippen LogP contribution is -2.61. The van der Waals surface area contributed by atoms with E-state index in [1.54, 1.807) is 0 Å². The van der Waals surface area contributed by atoms with E-state index in [1.165, 1.54) is 205 Å². The largest absolute Gasteiger partial charge is 0.454 e. The molecule has 0 N–H and O–H groups in total. The number of fused-ring (bicyclic) bond motifs is 30. The fourth-order valence-corrected chi connectivity index (χ4v) is 31.7. The van der Waals surface area contributed by atoms with Crippen molar-refractivity contribution in [3.05, 3.63) is 336 Å². The summed E-state index contributed by atoms with van der Waals surface area (Å²) in [5, 5.41) is 6.80. The maximum atomic E-state index is 7.23. The van der Waals surface area contributed by atoms with Crippen LogP contribution in [0.4, 0.5) is 68.2 Å². The van der Waals surface area contributed by atoms with Crippen molar-refractivity contribution in [3.8, 4) is 22.5 Å². The summed E-state index contributed by atoms with van der Waals surface area (Å²) in [4.78, 5) is 14.0. The number of anilines is 12. The minimum absolute atomic E-state index is 0.0195. The van der Waals surface area contributed by atoms with E-state index in [9.17, 15) is 0 Å². The van der Waals surface area contributed by atoms with Gasteiger partial charge >= 0.3 is 0 Å². The van der Waals surface area contributed by atoms with Crippen molar-refractivity contribution in [2.45, 2.75) is 281 Å². The van der Waals surface area contributed by atoms with Crippen LogP contribution in [0.25, 0.3) is 110 Å². The normalized spacial score (nSPS) is 21.9. The molecule has 3 aliphatic carbocycles. The maximum Gasteiger partial charge on any atom is 0.252 e. The lowest BCUT2D eigenvalue weighted by molar-refractivity contribution is 0.194. The Morgan fingerprint density at radius 1 is 0.260 bits per heavy atom. The molecule has 12 heterocycles. The number of rotatable bonds is 11. The first-order valence-electron chi connectivity index (χ1n) is 56.1. The van der Waals surface area contributed by atoms with Crippen LogP contribution in [0.1, 0.15) is 266 Å². The Bertz CT molecular complexity index is 9310. The molecule has 744 valence electrons. The van der Waals surface area contributed by atoms with E-state index in [0.29, 0.717) is 0 Å². The molecule has 12 heteroatoms. The van der Waals surface area contributed by atoms with Crippen LogP contribution < -0.4 is 57.3 Å². The Kier molecular flexibility index (Phi) is 18.5. The molecule has 0 amide bonds. The summed E-state index contributed by atoms with van der Waals surface area (Å²) in [5.41, 5.74) is 47.0. The van der Waals surface area contributed by atoms with E-state index in [-0.39, 0.29) is 73.4 Å². The van der Waals surface area contributed by atoms with Crippen molar-refractivity contribution in [3.63, 3.8) is 0 Å². The van der Waals surface area contributed by atoms with Crippen molar-refractivity contribution in [1.82, 2.24) is 9.13 Å². The van der Waals surface area contributed by atoms with Gasteiger partial charge in [-0.3, -0.25) is 0 Å². The summed E-state index contributed by atoms with van der Waals surface area (Å²) in [7, 11) is 0.